The second-order valence-electron chi connectivity index (χ2n) is 7.23. The van der Waals surface area contributed by atoms with E-state index in [1.807, 2.05) is 6.92 Å². The standard InChI is InChI=1S/C21H25FN4O4S/c1-16-5-7-19(8-6-16)31(29,30)24-10-9-23-21(28)26-13-11-25(12-14-26)20(27)17-3-2-4-18(22)15-17/h2-8,15,24H,9-14H2,1H3,(H,23,28). The summed E-state index contributed by atoms with van der Waals surface area (Å²) in [5.41, 5.74) is 1.24. The number of urea groups is 1. The zero-order valence-electron chi connectivity index (χ0n) is 17.2. The van der Waals surface area contributed by atoms with E-state index in [2.05, 4.69) is 10.0 Å². The van der Waals surface area contributed by atoms with Crippen molar-refractivity contribution in [1.29, 1.82) is 0 Å². The highest BCUT2D eigenvalue weighted by molar-refractivity contribution is 7.89. The number of hydrogen-bond acceptors (Lipinski definition) is 4. The predicted octanol–water partition coefficient (Wildman–Crippen LogP) is 1.58. The van der Waals surface area contributed by atoms with Crippen molar-refractivity contribution in [1.82, 2.24) is 19.8 Å². The molecule has 0 bridgehead atoms. The number of aryl methyl sites for hydroxylation is 1. The summed E-state index contributed by atoms with van der Waals surface area (Å²) in [6.45, 7) is 3.40. The zero-order chi connectivity index (χ0) is 22.4. The Hall–Kier alpha value is -2.98. The lowest BCUT2D eigenvalue weighted by Gasteiger charge is -2.34. The molecule has 3 amide bonds. The van der Waals surface area contributed by atoms with Crippen molar-refractivity contribution in [3.05, 3.63) is 65.5 Å². The molecule has 1 aliphatic heterocycles. The maximum absolute atomic E-state index is 13.3. The molecule has 0 radical (unpaired) electrons. The Morgan fingerprint density at radius 2 is 1.61 bits per heavy atom. The fourth-order valence-corrected chi connectivity index (χ4v) is 4.22. The summed E-state index contributed by atoms with van der Waals surface area (Å²) in [5.74, 6) is -0.744. The van der Waals surface area contributed by atoms with Crippen molar-refractivity contribution in [2.24, 2.45) is 0 Å². The quantitative estimate of drug-likeness (QED) is 0.656. The van der Waals surface area contributed by atoms with E-state index in [0.29, 0.717) is 26.2 Å². The molecule has 10 heteroatoms. The van der Waals surface area contributed by atoms with Crippen LogP contribution in [0, 0.1) is 12.7 Å². The van der Waals surface area contributed by atoms with E-state index in [-0.39, 0.29) is 35.5 Å². The highest BCUT2D eigenvalue weighted by Gasteiger charge is 2.25. The van der Waals surface area contributed by atoms with Crippen molar-refractivity contribution in [2.45, 2.75) is 11.8 Å². The molecule has 31 heavy (non-hydrogen) atoms. The normalized spacial score (nSPS) is 14.4. The molecule has 2 aromatic carbocycles. The monoisotopic (exact) mass is 448 g/mol. The molecule has 1 fully saturated rings. The van der Waals surface area contributed by atoms with Gasteiger partial charge in [0.25, 0.3) is 5.91 Å². The maximum atomic E-state index is 13.3. The molecule has 0 aliphatic carbocycles. The van der Waals surface area contributed by atoms with Gasteiger partial charge >= 0.3 is 6.03 Å². The highest BCUT2D eigenvalue weighted by atomic mass is 32.2. The number of halogens is 1. The summed E-state index contributed by atoms with van der Waals surface area (Å²) in [5, 5.41) is 2.68. The molecule has 0 spiro atoms. The van der Waals surface area contributed by atoms with E-state index < -0.39 is 15.8 Å². The van der Waals surface area contributed by atoms with Gasteiger partial charge in [-0.05, 0) is 37.3 Å². The zero-order valence-corrected chi connectivity index (χ0v) is 18.0. The number of rotatable bonds is 6. The Morgan fingerprint density at radius 3 is 2.26 bits per heavy atom. The molecule has 0 unspecified atom stereocenters. The van der Waals surface area contributed by atoms with Gasteiger partial charge in [0.05, 0.1) is 4.90 Å². The predicted molar refractivity (Wildman–Crippen MR) is 114 cm³/mol. The molecule has 3 rings (SSSR count). The van der Waals surface area contributed by atoms with Gasteiger partial charge in [-0.2, -0.15) is 0 Å². The molecule has 2 N–H and O–H groups in total. The fraction of sp³-hybridized carbons (Fsp3) is 0.333. The van der Waals surface area contributed by atoms with Crippen LogP contribution in [0.2, 0.25) is 0 Å². The first-order chi connectivity index (χ1) is 14.8. The van der Waals surface area contributed by atoms with Crippen molar-refractivity contribution < 1.29 is 22.4 Å². The number of carbonyl (C=O) groups excluding carboxylic acids is 2. The second-order valence-corrected chi connectivity index (χ2v) is 9.00. The van der Waals surface area contributed by atoms with Crippen LogP contribution in [0.15, 0.2) is 53.4 Å². The van der Waals surface area contributed by atoms with E-state index in [1.54, 1.807) is 28.0 Å². The first kappa shape index (κ1) is 22.7. The molecule has 8 nitrogen and oxygen atoms in total. The number of piperazine rings is 1. The van der Waals surface area contributed by atoms with Gasteiger partial charge in [-0.3, -0.25) is 4.79 Å². The van der Waals surface area contributed by atoms with Crippen LogP contribution in [0.4, 0.5) is 9.18 Å². The number of nitrogens with one attached hydrogen (secondary N) is 2. The summed E-state index contributed by atoms with van der Waals surface area (Å²) in [4.78, 5) is 28.1. The Morgan fingerprint density at radius 1 is 0.968 bits per heavy atom. The number of benzene rings is 2. The summed E-state index contributed by atoms with van der Waals surface area (Å²) >= 11 is 0. The lowest BCUT2D eigenvalue weighted by atomic mass is 10.2. The third-order valence-corrected chi connectivity index (χ3v) is 6.43. The molecule has 2 aromatic rings. The molecule has 0 atom stereocenters. The largest absolute Gasteiger partial charge is 0.337 e. The van der Waals surface area contributed by atoms with Crippen LogP contribution in [0.1, 0.15) is 15.9 Å². The molecular weight excluding hydrogens is 423 g/mol. The van der Waals surface area contributed by atoms with Crippen LogP contribution in [0.3, 0.4) is 0 Å². The first-order valence-corrected chi connectivity index (χ1v) is 11.4. The minimum Gasteiger partial charge on any atom is -0.337 e. The smallest absolute Gasteiger partial charge is 0.317 e. The van der Waals surface area contributed by atoms with Crippen LogP contribution in [0.25, 0.3) is 0 Å². The van der Waals surface area contributed by atoms with Crippen LogP contribution in [-0.2, 0) is 10.0 Å². The van der Waals surface area contributed by atoms with Gasteiger partial charge in [0.15, 0.2) is 0 Å². The van der Waals surface area contributed by atoms with Crippen molar-refractivity contribution in [3.63, 3.8) is 0 Å². The van der Waals surface area contributed by atoms with Gasteiger partial charge in [-0.25, -0.2) is 22.3 Å². The number of amides is 3. The molecule has 166 valence electrons. The second kappa shape index (κ2) is 9.88. The summed E-state index contributed by atoms with van der Waals surface area (Å²) < 4.78 is 40.2. The minimum absolute atomic E-state index is 0.0555. The number of hydrogen-bond donors (Lipinski definition) is 2. The lowest BCUT2D eigenvalue weighted by molar-refractivity contribution is 0.0665. The maximum Gasteiger partial charge on any atom is 0.317 e. The average molecular weight is 449 g/mol. The number of nitrogens with zero attached hydrogens (tertiary/aromatic N) is 2. The van der Waals surface area contributed by atoms with Gasteiger partial charge in [-0.15, -0.1) is 0 Å². The Labute approximate surface area is 181 Å². The van der Waals surface area contributed by atoms with Gasteiger partial charge in [-0.1, -0.05) is 23.8 Å². The van der Waals surface area contributed by atoms with Crippen molar-refractivity contribution >= 4 is 22.0 Å². The molecule has 1 saturated heterocycles. The molecular formula is C21H25FN4O4S. The van der Waals surface area contributed by atoms with Crippen LogP contribution in [0.5, 0.6) is 0 Å². The van der Waals surface area contributed by atoms with Crippen LogP contribution < -0.4 is 10.0 Å². The van der Waals surface area contributed by atoms with Gasteiger partial charge in [0, 0.05) is 44.8 Å². The van der Waals surface area contributed by atoms with Gasteiger partial charge in [0.2, 0.25) is 10.0 Å². The molecule has 0 aromatic heterocycles. The fourth-order valence-electron chi connectivity index (χ4n) is 3.18. The van der Waals surface area contributed by atoms with E-state index in [4.69, 9.17) is 0 Å². The minimum atomic E-state index is -3.63. The summed E-state index contributed by atoms with van der Waals surface area (Å²) in [7, 11) is -3.63. The Bertz CT molecular complexity index is 1040. The number of sulfonamides is 1. The third-order valence-electron chi connectivity index (χ3n) is 4.95. The Balaban J connectivity index is 1.41. The summed E-state index contributed by atoms with van der Waals surface area (Å²) in [6, 6.07) is 11.7. The lowest BCUT2D eigenvalue weighted by Crippen LogP contribution is -2.53. The van der Waals surface area contributed by atoms with Gasteiger partial charge in [0.1, 0.15) is 5.82 Å². The first-order valence-electron chi connectivity index (χ1n) is 9.90. The van der Waals surface area contributed by atoms with E-state index in [1.165, 1.54) is 30.3 Å². The summed E-state index contributed by atoms with van der Waals surface area (Å²) in [6.07, 6.45) is 0. The van der Waals surface area contributed by atoms with Crippen LogP contribution >= 0.6 is 0 Å². The van der Waals surface area contributed by atoms with E-state index in [9.17, 15) is 22.4 Å². The SMILES string of the molecule is Cc1ccc(S(=O)(=O)NCCNC(=O)N2CCN(C(=O)c3cccc(F)c3)CC2)cc1. The van der Waals surface area contributed by atoms with Crippen molar-refractivity contribution in [3.8, 4) is 0 Å². The highest BCUT2D eigenvalue weighted by Crippen LogP contribution is 2.11. The molecule has 1 heterocycles. The Kier molecular flexibility index (Phi) is 7.24. The van der Waals surface area contributed by atoms with Gasteiger partial charge < -0.3 is 15.1 Å². The van der Waals surface area contributed by atoms with Crippen molar-refractivity contribution in [2.75, 3.05) is 39.3 Å². The molecule has 1 aliphatic rings. The average Bonchev–Trinajstić information content (AvgIpc) is 2.76. The van der Waals surface area contributed by atoms with E-state index >= 15 is 0 Å². The topological polar surface area (TPSA) is 98.8 Å². The third kappa shape index (κ3) is 6.02. The number of carbonyl (C=O) groups is 2. The van der Waals surface area contributed by atoms with Crippen LogP contribution in [-0.4, -0.2) is 69.4 Å². The van der Waals surface area contributed by atoms with E-state index in [0.717, 1.165) is 5.56 Å². The molecule has 0 saturated carbocycles.